The number of alkyl halides is 4. The summed E-state index contributed by atoms with van der Waals surface area (Å²) < 4.78 is 36.3. The molecule has 1 rings (SSSR count). The average Bonchev–Trinajstić information content (AvgIpc) is 2.33. The average molecular weight is 286 g/mol. The molecule has 0 aromatic carbocycles. The summed E-state index contributed by atoms with van der Waals surface area (Å²) in [5.41, 5.74) is 0. The van der Waals surface area contributed by atoms with Crippen LogP contribution in [0.15, 0.2) is 0 Å². The highest BCUT2D eigenvalue weighted by Crippen LogP contribution is 2.26. The fraction of sp³-hybridized carbons (Fsp3) is 0.917. The third-order valence-electron chi connectivity index (χ3n) is 3.28. The Morgan fingerprint density at radius 3 is 2.33 bits per heavy atom. The van der Waals surface area contributed by atoms with Crippen LogP contribution in [0.1, 0.15) is 44.9 Å². The molecule has 0 atom stereocenters. The summed E-state index contributed by atoms with van der Waals surface area (Å²) in [5, 5.41) is 0. The van der Waals surface area contributed by atoms with Crippen LogP contribution in [0, 0.1) is 0 Å². The molecule has 0 bridgehead atoms. The highest BCUT2D eigenvalue weighted by atomic mass is 35.5. The zero-order valence-electron chi connectivity index (χ0n) is 10.3. The third-order valence-corrected chi connectivity index (χ3v) is 3.45. The first-order valence-electron chi connectivity index (χ1n) is 6.36. The van der Waals surface area contributed by atoms with Gasteiger partial charge in [-0.15, -0.1) is 11.6 Å². The SMILES string of the molecule is O=C(CCC(F)(F)F)N(CCCl)C1CCCCC1. The van der Waals surface area contributed by atoms with Crippen LogP contribution in [0.2, 0.25) is 0 Å². The van der Waals surface area contributed by atoms with Crippen molar-refractivity contribution >= 4 is 17.5 Å². The summed E-state index contributed by atoms with van der Waals surface area (Å²) in [6.07, 6.45) is -0.791. The molecule has 0 saturated heterocycles. The summed E-state index contributed by atoms with van der Waals surface area (Å²) in [6.45, 7) is 0.350. The van der Waals surface area contributed by atoms with Crippen LogP contribution in [0.5, 0.6) is 0 Å². The predicted molar refractivity (Wildman–Crippen MR) is 64.6 cm³/mol. The predicted octanol–water partition coefficient (Wildman–Crippen LogP) is 3.73. The molecule has 0 radical (unpaired) electrons. The number of amides is 1. The van der Waals surface area contributed by atoms with E-state index in [1.54, 1.807) is 4.90 Å². The maximum absolute atomic E-state index is 12.1. The Hall–Kier alpha value is -0.450. The van der Waals surface area contributed by atoms with Crippen molar-refractivity contribution in [2.24, 2.45) is 0 Å². The van der Waals surface area contributed by atoms with Gasteiger partial charge in [-0.1, -0.05) is 19.3 Å². The van der Waals surface area contributed by atoms with Gasteiger partial charge in [0.2, 0.25) is 5.91 Å². The molecule has 6 heteroatoms. The van der Waals surface area contributed by atoms with Gasteiger partial charge >= 0.3 is 6.18 Å². The summed E-state index contributed by atoms with van der Waals surface area (Å²) >= 11 is 5.63. The molecule has 0 spiro atoms. The molecule has 1 saturated carbocycles. The lowest BCUT2D eigenvalue weighted by molar-refractivity contribution is -0.150. The number of carbonyl (C=O) groups is 1. The van der Waals surface area contributed by atoms with Gasteiger partial charge in [-0.3, -0.25) is 4.79 Å². The Bertz CT molecular complexity index is 265. The van der Waals surface area contributed by atoms with Crippen molar-refractivity contribution in [1.82, 2.24) is 4.90 Å². The van der Waals surface area contributed by atoms with Crippen LogP contribution in [0.3, 0.4) is 0 Å². The van der Waals surface area contributed by atoms with Gasteiger partial charge in [0.25, 0.3) is 0 Å². The molecule has 1 amide bonds. The number of hydrogen-bond donors (Lipinski definition) is 0. The zero-order valence-corrected chi connectivity index (χ0v) is 11.1. The van der Waals surface area contributed by atoms with E-state index in [1.807, 2.05) is 0 Å². The Labute approximate surface area is 110 Å². The molecule has 1 aliphatic carbocycles. The van der Waals surface area contributed by atoms with Crippen molar-refractivity contribution in [3.8, 4) is 0 Å². The maximum atomic E-state index is 12.1. The monoisotopic (exact) mass is 285 g/mol. The minimum atomic E-state index is -4.27. The van der Waals surface area contributed by atoms with E-state index in [9.17, 15) is 18.0 Å². The van der Waals surface area contributed by atoms with Crippen LogP contribution in [0.25, 0.3) is 0 Å². The van der Waals surface area contributed by atoms with Gasteiger partial charge in [0.15, 0.2) is 0 Å². The smallest absolute Gasteiger partial charge is 0.339 e. The number of halogens is 4. The molecule has 106 valence electrons. The van der Waals surface area contributed by atoms with Crippen molar-refractivity contribution in [3.05, 3.63) is 0 Å². The molecular formula is C12H19ClF3NO. The largest absolute Gasteiger partial charge is 0.389 e. The van der Waals surface area contributed by atoms with Crippen molar-refractivity contribution in [3.63, 3.8) is 0 Å². The number of carbonyl (C=O) groups excluding carboxylic acids is 1. The number of hydrogen-bond acceptors (Lipinski definition) is 1. The second-order valence-electron chi connectivity index (χ2n) is 4.68. The Kier molecular flexibility index (Phi) is 6.26. The summed E-state index contributed by atoms with van der Waals surface area (Å²) in [7, 11) is 0. The van der Waals surface area contributed by atoms with Crippen molar-refractivity contribution in [2.45, 2.75) is 57.2 Å². The summed E-state index contributed by atoms with van der Waals surface area (Å²) in [4.78, 5) is 13.4. The van der Waals surface area contributed by atoms with Gasteiger partial charge in [-0.25, -0.2) is 0 Å². The van der Waals surface area contributed by atoms with Crippen LogP contribution < -0.4 is 0 Å². The highest BCUT2D eigenvalue weighted by Gasteiger charge is 2.31. The molecule has 1 aliphatic rings. The minimum absolute atomic E-state index is 0.0817. The molecule has 0 N–H and O–H groups in total. The molecule has 0 aromatic heterocycles. The van der Waals surface area contributed by atoms with Crippen molar-refractivity contribution in [1.29, 1.82) is 0 Å². The number of nitrogens with zero attached hydrogens (tertiary/aromatic N) is 1. The number of rotatable bonds is 5. The van der Waals surface area contributed by atoms with Gasteiger partial charge in [-0.05, 0) is 12.8 Å². The second kappa shape index (κ2) is 7.22. The normalized spacial score (nSPS) is 17.8. The van der Waals surface area contributed by atoms with E-state index in [0.717, 1.165) is 32.1 Å². The van der Waals surface area contributed by atoms with E-state index in [-0.39, 0.29) is 11.9 Å². The third kappa shape index (κ3) is 5.46. The Balaban J connectivity index is 2.51. The Morgan fingerprint density at radius 1 is 1.22 bits per heavy atom. The molecule has 1 fully saturated rings. The lowest BCUT2D eigenvalue weighted by Gasteiger charge is -2.34. The minimum Gasteiger partial charge on any atom is -0.339 e. The maximum Gasteiger partial charge on any atom is 0.389 e. The lowest BCUT2D eigenvalue weighted by Crippen LogP contribution is -2.42. The second-order valence-corrected chi connectivity index (χ2v) is 5.06. The summed E-state index contributed by atoms with van der Waals surface area (Å²) in [6, 6.07) is 0.0817. The van der Waals surface area contributed by atoms with Gasteiger partial charge in [-0.2, -0.15) is 13.2 Å². The lowest BCUT2D eigenvalue weighted by atomic mass is 9.94. The van der Waals surface area contributed by atoms with Crippen LogP contribution >= 0.6 is 11.6 Å². The highest BCUT2D eigenvalue weighted by molar-refractivity contribution is 6.18. The molecule has 0 aromatic rings. The molecule has 0 heterocycles. The van der Waals surface area contributed by atoms with Crippen molar-refractivity contribution < 1.29 is 18.0 Å². The van der Waals surface area contributed by atoms with Gasteiger partial charge in [0, 0.05) is 24.9 Å². The fourth-order valence-electron chi connectivity index (χ4n) is 2.39. The Morgan fingerprint density at radius 2 is 1.83 bits per heavy atom. The quantitative estimate of drug-likeness (QED) is 0.705. The first-order chi connectivity index (χ1) is 8.44. The van der Waals surface area contributed by atoms with Crippen LogP contribution in [-0.2, 0) is 4.79 Å². The van der Waals surface area contributed by atoms with E-state index < -0.39 is 24.9 Å². The topological polar surface area (TPSA) is 20.3 Å². The van der Waals surface area contributed by atoms with E-state index in [0.29, 0.717) is 6.54 Å². The van der Waals surface area contributed by atoms with Gasteiger partial charge in [0.1, 0.15) is 0 Å². The first kappa shape index (κ1) is 15.6. The van der Waals surface area contributed by atoms with E-state index >= 15 is 0 Å². The van der Waals surface area contributed by atoms with E-state index in [4.69, 9.17) is 11.6 Å². The molecule has 18 heavy (non-hydrogen) atoms. The molecule has 2 nitrogen and oxygen atoms in total. The molecule has 0 aliphatic heterocycles. The van der Waals surface area contributed by atoms with E-state index in [1.165, 1.54) is 0 Å². The van der Waals surface area contributed by atoms with Gasteiger partial charge in [0.05, 0.1) is 6.42 Å². The van der Waals surface area contributed by atoms with Crippen LogP contribution in [0.4, 0.5) is 13.2 Å². The standard InChI is InChI=1S/C12H19ClF3NO/c13-8-9-17(10-4-2-1-3-5-10)11(18)6-7-12(14,15)16/h10H,1-9H2. The summed E-state index contributed by atoms with van der Waals surface area (Å²) in [5.74, 6) is -0.145. The fourth-order valence-corrected chi connectivity index (χ4v) is 2.57. The first-order valence-corrected chi connectivity index (χ1v) is 6.89. The zero-order chi connectivity index (χ0) is 13.6. The molecular weight excluding hydrogens is 267 g/mol. The van der Waals surface area contributed by atoms with E-state index in [2.05, 4.69) is 0 Å². The van der Waals surface area contributed by atoms with Gasteiger partial charge < -0.3 is 4.90 Å². The van der Waals surface area contributed by atoms with Crippen LogP contribution in [-0.4, -0.2) is 35.4 Å². The van der Waals surface area contributed by atoms with Crippen molar-refractivity contribution in [2.75, 3.05) is 12.4 Å². The molecule has 0 unspecified atom stereocenters.